The predicted molar refractivity (Wildman–Crippen MR) is 108 cm³/mol. The van der Waals surface area contributed by atoms with Crippen LogP contribution in [0.15, 0.2) is 0 Å². The van der Waals surface area contributed by atoms with Crippen LogP contribution in [-0.4, -0.2) is 34.6 Å². The molecule has 156 valence electrons. The van der Waals surface area contributed by atoms with Gasteiger partial charge in [0.2, 0.25) is 0 Å². The molecule has 4 fully saturated rings. The van der Waals surface area contributed by atoms with Crippen molar-refractivity contribution in [3.05, 3.63) is 0 Å². The Labute approximate surface area is 166 Å². The van der Waals surface area contributed by atoms with Gasteiger partial charge < -0.3 is 14.9 Å². The van der Waals surface area contributed by atoms with Crippen molar-refractivity contribution in [1.82, 2.24) is 0 Å². The van der Waals surface area contributed by atoms with Crippen molar-refractivity contribution in [2.45, 2.75) is 110 Å². The molecule has 27 heavy (non-hydrogen) atoms. The topological polar surface area (TPSA) is 49.7 Å². The fraction of sp³-hybridized carbons (Fsp3) is 1.00. The second kappa shape index (κ2) is 6.99. The van der Waals surface area contributed by atoms with Gasteiger partial charge in [-0.3, -0.25) is 0 Å². The second-order valence-corrected chi connectivity index (χ2v) is 11.4. The van der Waals surface area contributed by atoms with E-state index in [0.29, 0.717) is 22.7 Å². The molecular weight excluding hydrogens is 336 g/mol. The summed E-state index contributed by atoms with van der Waals surface area (Å²) < 4.78 is 6.17. The molecule has 0 aromatic heterocycles. The van der Waals surface area contributed by atoms with E-state index in [1.807, 2.05) is 6.92 Å². The van der Waals surface area contributed by atoms with E-state index < -0.39 is 0 Å². The minimum Gasteiger partial charge on any atom is -0.393 e. The molecule has 10 atom stereocenters. The molecule has 0 heterocycles. The number of hydrogen-bond acceptors (Lipinski definition) is 3. The lowest BCUT2D eigenvalue weighted by Crippen LogP contribution is -2.57. The highest BCUT2D eigenvalue weighted by Gasteiger charge is 2.61. The summed E-state index contributed by atoms with van der Waals surface area (Å²) >= 11 is 0. The monoisotopic (exact) mass is 378 g/mol. The molecule has 3 heteroatoms. The van der Waals surface area contributed by atoms with Gasteiger partial charge in [-0.05, 0) is 113 Å². The molecule has 0 spiro atoms. The van der Waals surface area contributed by atoms with Crippen LogP contribution in [0.3, 0.4) is 0 Å². The Morgan fingerprint density at radius 1 is 0.926 bits per heavy atom. The minimum absolute atomic E-state index is 0.00657. The van der Waals surface area contributed by atoms with Crippen LogP contribution in [0.25, 0.3) is 0 Å². The third-order valence-corrected chi connectivity index (χ3v) is 9.76. The molecule has 4 saturated carbocycles. The summed E-state index contributed by atoms with van der Waals surface area (Å²) in [6, 6.07) is 0. The van der Waals surface area contributed by atoms with Gasteiger partial charge in [-0.15, -0.1) is 0 Å². The Kier molecular flexibility index (Phi) is 5.22. The number of fused-ring (bicyclic) bond motifs is 5. The molecular formula is C24H42O3. The highest BCUT2D eigenvalue weighted by atomic mass is 16.5. The van der Waals surface area contributed by atoms with Crippen LogP contribution in [0.2, 0.25) is 0 Å². The Morgan fingerprint density at radius 2 is 1.63 bits per heavy atom. The van der Waals surface area contributed by atoms with Gasteiger partial charge in [0.15, 0.2) is 0 Å². The number of aliphatic hydroxyl groups is 2. The third kappa shape index (κ3) is 3.11. The van der Waals surface area contributed by atoms with Crippen LogP contribution in [0.4, 0.5) is 0 Å². The summed E-state index contributed by atoms with van der Waals surface area (Å²) in [5.41, 5.74) is 0.645. The van der Waals surface area contributed by atoms with Crippen molar-refractivity contribution in [3.8, 4) is 0 Å². The third-order valence-electron chi connectivity index (χ3n) is 9.76. The Balaban J connectivity index is 1.58. The Morgan fingerprint density at radius 3 is 2.30 bits per heavy atom. The summed E-state index contributed by atoms with van der Waals surface area (Å²) in [6.45, 7) is 11.2. The molecule has 0 saturated heterocycles. The number of ether oxygens (including phenoxy) is 1. The molecule has 4 rings (SSSR count). The van der Waals surface area contributed by atoms with Gasteiger partial charge >= 0.3 is 0 Å². The van der Waals surface area contributed by atoms with E-state index in [0.717, 1.165) is 30.6 Å². The van der Waals surface area contributed by atoms with E-state index in [1.54, 1.807) is 0 Å². The second-order valence-electron chi connectivity index (χ2n) is 11.4. The largest absolute Gasteiger partial charge is 0.393 e. The van der Waals surface area contributed by atoms with Gasteiger partial charge in [-0.2, -0.15) is 0 Å². The molecule has 0 aliphatic heterocycles. The molecule has 4 aliphatic rings. The highest BCUT2D eigenvalue weighted by Crippen LogP contribution is 2.67. The number of aliphatic hydroxyl groups excluding tert-OH is 2. The maximum Gasteiger partial charge on any atom is 0.0842 e. The molecule has 0 amide bonds. The van der Waals surface area contributed by atoms with Crippen LogP contribution in [0, 0.1) is 40.4 Å². The first-order valence-electron chi connectivity index (χ1n) is 11.7. The molecule has 3 nitrogen and oxygen atoms in total. The van der Waals surface area contributed by atoms with E-state index in [9.17, 15) is 10.2 Å². The van der Waals surface area contributed by atoms with Crippen LogP contribution in [0.1, 0.15) is 86.0 Å². The van der Waals surface area contributed by atoms with Gasteiger partial charge in [-0.1, -0.05) is 13.8 Å². The zero-order valence-electron chi connectivity index (χ0n) is 18.2. The average molecular weight is 379 g/mol. The van der Waals surface area contributed by atoms with Crippen LogP contribution < -0.4 is 0 Å². The quantitative estimate of drug-likeness (QED) is 0.742. The smallest absolute Gasteiger partial charge is 0.0842 e. The van der Waals surface area contributed by atoms with Crippen molar-refractivity contribution in [2.24, 2.45) is 40.4 Å². The molecule has 0 aromatic rings. The molecule has 0 radical (unpaired) electrons. The lowest BCUT2D eigenvalue weighted by molar-refractivity contribution is -0.181. The van der Waals surface area contributed by atoms with Crippen molar-refractivity contribution >= 4 is 0 Å². The minimum atomic E-state index is -0.290. The van der Waals surface area contributed by atoms with E-state index in [2.05, 4.69) is 27.7 Å². The SMILES string of the molecule is CC(C)O[C@H]1C[C@@]2(C)[C@@H](CC[C@@H]3[C@@H]2CC[C@]2(C)[C@@H]([C@H](C)O)CC[C@@H]32)C[C@@H]1O. The van der Waals surface area contributed by atoms with E-state index in [1.165, 1.54) is 38.5 Å². The van der Waals surface area contributed by atoms with E-state index in [-0.39, 0.29) is 24.4 Å². The van der Waals surface area contributed by atoms with E-state index >= 15 is 0 Å². The van der Waals surface area contributed by atoms with E-state index in [4.69, 9.17) is 4.74 Å². The zero-order valence-corrected chi connectivity index (χ0v) is 18.2. The maximum atomic E-state index is 10.7. The van der Waals surface area contributed by atoms with Gasteiger partial charge in [0.25, 0.3) is 0 Å². The highest BCUT2D eigenvalue weighted by molar-refractivity contribution is 5.10. The van der Waals surface area contributed by atoms with Crippen molar-refractivity contribution < 1.29 is 14.9 Å². The number of rotatable bonds is 3. The van der Waals surface area contributed by atoms with Crippen molar-refractivity contribution in [1.29, 1.82) is 0 Å². The Bertz CT molecular complexity index is 546. The lowest BCUT2D eigenvalue weighted by Gasteiger charge is -2.62. The zero-order chi connectivity index (χ0) is 19.6. The summed E-state index contributed by atoms with van der Waals surface area (Å²) in [6.07, 6.45) is 9.38. The molecule has 0 unspecified atom stereocenters. The fourth-order valence-electron chi connectivity index (χ4n) is 8.57. The van der Waals surface area contributed by atoms with Gasteiger partial charge in [0.1, 0.15) is 0 Å². The summed E-state index contributed by atoms with van der Waals surface area (Å²) in [4.78, 5) is 0. The fourth-order valence-corrected chi connectivity index (χ4v) is 8.57. The first-order valence-corrected chi connectivity index (χ1v) is 11.7. The average Bonchev–Trinajstić information content (AvgIpc) is 2.93. The normalized spacial score (nSPS) is 53.6. The standard InChI is InChI=1S/C24H42O3/c1-14(2)27-22-13-24(5)16(12-21(22)26)6-7-17-19-9-8-18(15(3)25)23(19,4)11-10-20(17)24/h14-22,25-26H,6-13H2,1-5H3/t15-,16-,17-,18+,19-,20-,21-,22-,23+,24-/m0/s1. The van der Waals surface area contributed by atoms with Gasteiger partial charge in [0, 0.05) is 0 Å². The Hall–Kier alpha value is -0.120. The molecule has 2 N–H and O–H groups in total. The summed E-state index contributed by atoms with van der Waals surface area (Å²) in [7, 11) is 0. The number of hydrogen-bond donors (Lipinski definition) is 2. The van der Waals surface area contributed by atoms with Gasteiger partial charge in [0.05, 0.1) is 24.4 Å². The lowest BCUT2D eigenvalue weighted by atomic mass is 9.44. The van der Waals surface area contributed by atoms with Crippen molar-refractivity contribution in [2.75, 3.05) is 0 Å². The predicted octanol–water partition coefficient (Wildman–Crippen LogP) is 4.79. The van der Waals surface area contributed by atoms with Crippen molar-refractivity contribution in [3.63, 3.8) is 0 Å². The summed E-state index contributed by atoms with van der Waals surface area (Å²) in [5.74, 6) is 3.50. The molecule has 0 aromatic carbocycles. The first-order chi connectivity index (χ1) is 12.7. The van der Waals surface area contributed by atoms with Crippen LogP contribution in [0.5, 0.6) is 0 Å². The van der Waals surface area contributed by atoms with Crippen LogP contribution in [-0.2, 0) is 4.74 Å². The van der Waals surface area contributed by atoms with Gasteiger partial charge in [-0.25, -0.2) is 0 Å². The molecule has 0 bridgehead atoms. The molecule has 4 aliphatic carbocycles. The first kappa shape index (κ1) is 20.2. The van der Waals surface area contributed by atoms with Crippen LogP contribution >= 0.6 is 0 Å². The maximum absolute atomic E-state index is 10.7. The summed E-state index contributed by atoms with van der Waals surface area (Å²) in [5, 5.41) is 21.1.